The quantitative estimate of drug-likeness (QED) is 0.482. The van der Waals surface area contributed by atoms with Gasteiger partial charge >= 0.3 is 0 Å². The van der Waals surface area contributed by atoms with E-state index in [1.165, 1.54) is 29.8 Å². The van der Waals surface area contributed by atoms with Gasteiger partial charge in [-0.1, -0.05) is 12.1 Å². The number of aromatic nitrogens is 3. The number of pyridine rings is 1. The topological polar surface area (TPSA) is 88.4 Å². The Kier molecular flexibility index (Phi) is 5.77. The van der Waals surface area contributed by atoms with Crippen molar-refractivity contribution in [3.8, 4) is 11.1 Å². The second-order valence-electron chi connectivity index (χ2n) is 7.31. The van der Waals surface area contributed by atoms with E-state index >= 15 is 0 Å². The molecule has 31 heavy (non-hydrogen) atoms. The lowest BCUT2D eigenvalue weighted by Gasteiger charge is -2.10. The minimum absolute atomic E-state index is 0.0170. The van der Waals surface area contributed by atoms with Gasteiger partial charge < -0.3 is 10.6 Å². The lowest BCUT2D eigenvalue weighted by atomic mass is 10.1. The van der Waals surface area contributed by atoms with Crippen molar-refractivity contribution in [3.05, 3.63) is 76.1 Å². The SMILES string of the molecule is CC(C)NC(=O)c1cc(-c2csc(C(=O)NCc3ccc(F)cc3)c2)cn2ncnc12. The average Bonchev–Trinajstić information content (AvgIpc) is 3.41. The number of rotatable bonds is 6. The fraction of sp³-hybridized carbons (Fsp3) is 0.182. The molecule has 3 aromatic heterocycles. The third-order valence-corrected chi connectivity index (χ3v) is 5.49. The van der Waals surface area contributed by atoms with E-state index in [1.807, 2.05) is 19.2 Å². The molecular weight excluding hydrogens is 417 g/mol. The largest absolute Gasteiger partial charge is 0.350 e. The Labute approximate surface area is 181 Å². The first-order valence-corrected chi connectivity index (χ1v) is 10.5. The Balaban J connectivity index is 1.56. The fourth-order valence-electron chi connectivity index (χ4n) is 3.07. The van der Waals surface area contributed by atoms with Gasteiger partial charge in [-0.25, -0.2) is 13.9 Å². The molecule has 0 fully saturated rings. The van der Waals surface area contributed by atoms with E-state index in [9.17, 15) is 14.0 Å². The standard InChI is InChI=1S/C22H20FN5O2S/c1-13(2)27-21(29)18-7-15(10-28-20(18)25-12-26-28)16-8-19(31-11-16)22(30)24-9-14-3-5-17(23)6-4-14/h3-8,10-13H,9H2,1-2H3,(H,24,30)(H,27,29). The predicted molar refractivity (Wildman–Crippen MR) is 116 cm³/mol. The highest BCUT2D eigenvalue weighted by molar-refractivity contribution is 7.12. The molecule has 4 aromatic rings. The summed E-state index contributed by atoms with van der Waals surface area (Å²) < 4.78 is 14.6. The Hall–Kier alpha value is -3.59. The van der Waals surface area contributed by atoms with Crippen LogP contribution >= 0.6 is 11.3 Å². The number of thiophene rings is 1. The van der Waals surface area contributed by atoms with Crippen LogP contribution in [0.25, 0.3) is 16.8 Å². The van der Waals surface area contributed by atoms with Crippen molar-refractivity contribution < 1.29 is 14.0 Å². The van der Waals surface area contributed by atoms with Crippen LogP contribution < -0.4 is 10.6 Å². The molecule has 3 heterocycles. The van der Waals surface area contributed by atoms with E-state index < -0.39 is 0 Å². The number of nitrogens with one attached hydrogen (secondary N) is 2. The first-order valence-electron chi connectivity index (χ1n) is 9.66. The number of amides is 2. The second kappa shape index (κ2) is 8.65. The van der Waals surface area contributed by atoms with Gasteiger partial charge in [0.05, 0.1) is 10.4 Å². The molecule has 2 N–H and O–H groups in total. The zero-order valence-electron chi connectivity index (χ0n) is 16.9. The summed E-state index contributed by atoms with van der Waals surface area (Å²) in [5.41, 5.74) is 3.24. The average molecular weight is 438 g/mol. The van der Waals surface area contributed by atoms with Gasteiger partial charge in [0.2, 0.25) is 0 Å². The summed E-state index contributed by atoms with van der Waals surface area (Å²) >= 11 is 1.30. The van der Waals surface area contributed by atoms with Gasteiger partial charge in [0.15, 0.2) is 5.65 Å². The molecule has 0 radical (unpaired) electrons. The van der Waals surface area contributed by atoms with Gasteiger partial charge in [-0.15, -0.1) is 11.3 Å². The maximum atomic E-state index is 13.0. The van der Waals surface area contributed by atoms with Crippen LogP contribution in [0.5, 0.6) is 0 Å². The number of carbonyl (C=O) groups excluding carboxylic acids is 2. The van der Waals surface area contributed by atoms with Crippen molar-refractivity contribution in [3.63, 3.8) is 0 Å². The third kappa shape index (κ3) is 4.61. The molecule has 0 saturated carbocycles. The van der Waals surface area contributed by atoms with Crippen LogP contribution in [0.2, 0.25) is 0 Å². The lowest BCUT2D eigenvalue weighted by molar-refractivity contribution is 0.0939. The van der Waals surface area contributed by atoms with Crippen LogP contribution in [0.4, 0.5) is 4.39 Å². The summed E-state index contributed by atoms with van der Waals surface area (Å²) in [6, 6.07) is 9.49. The molecule has 0 saturated heterocycles. The Morgan fingerprint density at radius 3 is 2.65 bits per heavy atom. The van der Waals surface area contributed by atoms with Gasteiger partial charge in [-0.05, 0) is 54.6 Å². The van der Waals surface area contributed by atoms with Crippen LogP contribution in [0.1, 0.15) is 39.4 Å². The second-order valence-corrected chi connectivity index (χ2v) is 8.22. The van der Waals surface area contributed by atoms with Gasteiger partial charge in [0, 0.05) is 24.3 Å². The summed E-state index contributed by atoms with van der Waals surface area (Å²) in [5.74, 6) is -0.772. The fourth-order valence-corrected chi connectivity index (χ4v) is 3.90. The zero-order valence-corrected chi connectivity index (χ0v) is 17.7. The summed E-state index contributed by atoms with van der Waals surface area (Å²) in [5, 5.41) is 11.7. The van der Waals surface area contributed by atoms with Crippen LogP contribution in [-0.4, -0.2) is 32.5 Å². The highest BCUT2D eigenvalue weighted by Gasteiger charge is 2.17. The third-order valence-electron chi connectivity index (χ3n) is 4.56. The summed E-state index contributed by atoms with van der Waals surface area (Å²) in [6.45, 7) is 4.08. The van der Waals surface area contributed by atoms with Gasteiger partial charge in [0.1, 0.15) is 12.1 Å². The summed E-state index contributed by atoms with van der Waals surface area (Å²) in [6.07, 6.45) is 3.17. The van der Waals surface area contributed by atoms with Gasteiger partial charge in [-0.2, -0.15) is 5.10 Å². The first-order chi connectivity index (χ1) is 14.9. The molecule has 1 aromatic carbocycles. The van der Waals surface area contributed by atoms with Gasteiger partial charge in [0.25, 0.3) is 11.8 Å². The highest BCUT2D eigenvalue weighted by atomic mass is 32.1. The van der Waals surface area contributed by atoms with Crippen molar-refractivity contribution in [1.82, 2.24) is 25.2 Å². The molecule has 2 amide bonds. The number of fused-ring (bicyclic) bond motifs is 1. The van der Waals surface area contributed by atoms with E-state index in [0.717, 1.165) is 16.7 Å². The predicted octanol–water partition coefficient (Wildman–Crippen LogP) is 3.67. The van der Waals surface area contributed by atoms with E-state index in [1.54, 1.807) is 35.0 Å². The zero-order chi connectivity index (χ0) is 22.0. The molecule has 0 unspecified atom stereocenters. The Morgan fingerprint density at radius 2 is 1.90 bits per heavy atom. The Bertz CT molecular complexity index is 1250. The van der Waals surface area contributed by atoms with Crippen LogP contribution in [0, 0.1) is 5.82 Å². The number of halogens is 1. The van der Waals surface area contributed by atoms with Crippen molar-refractivity contribution >= 4 is 28.8 Å². The van der Waals surface area contributed by atoms with Crippen molar-refractivity contribution in [2.45, 2.75) is 26.4 Å². The maximum absolute atomic E-state index is 13.0. The number of benzene rings is 1. The molecular formula is C22H20FN5O2S. The van der Waals surface area contributed by atoms with Crippen molar-refractivity contribution in [1.29, 1.82) is 0 Å². The van der Waals surface area contributed by atoms with E-state index in [0.29, 0.717) is 22.6 Å². The normalized spacial score (nSPS) is 11.1. The van der Waals surface area contributed by atoms with Crippen molar-refractivity contribution in [2.24, 2.45) is 0 Å². The van der Waals surface area contributed by atoms with Crippen LogP contribution in [0.15, 0.2) is 54.3 Å². The number of carbonyl (C=O) groups is 2. The van der Waals surface area contributed by atoms with E-state index in [-0.39, 0.29) is 23.7 Å². The maximum Gasteiger partial charge on any atom is 0.261 e. The molecule has 9 heteroatoms. The molecule has 0 aliphatic rings. The first kappa shape index (κ1) is 20.7. The van der Waals surface area contributed by atoms with Crippen LogP contribution in [-0.2, 0) is 6.54 Å². The number of nitrogens with zero attached hydrogens (tertiary/aromatic N) is 3. The van der Waals surface area contributed by atoms with E-state index in [4.69, 9.17) is 0 Å². The smallest absolute Gasteiger partial charge is 0.261 e. The molecule has 4 rings (SSSR count). The summed E-state index contributed by atoms with van der Waals surface area (Å²) in [7, 11) is 0. The van der Waals surface area contributed by atoms with Crippen LogP contribution in [0.3, 0.4) is 0 Å². The number of hydrogen-bond donors (Lipinski definition) is 2. The monoisotopic (exact) mass is 437 g/mol. The molecule has 0 spiro atoms. The minimum atomic E-state index is -0.316. The lowest BCUT2D eigenvalue weighted by Crippen LogP contribution is -2.30. The molecule has 0 atom stereocenters. The highest BCUT2D eigenvalue weighted by Crippen LogP contribution is 2.27. The van der Waals surface area contributed by atoms with E-state index in [2.05, 4.69) is 20.7 Å². The number of hydrogen-bond acceptors (Lipinski definition) is 5. The Morgan fingerprint density at radius 1 is 1.13 bits per heavy atom. The summed E-state index contributed by atoms with van der Waals surface area (Å²) in [4.78, 5) is 29.9. The van der Waals surface area contributed by atoms with Crippen molar-refractivity contribution in [2.75, 3.05) is 0 Å². The molecule has 0 aliphatic carbocycles. The molecule has 158 valence electrons. The van der Waals surface area contributed by atoms with Gasteiger partial charge in [-0.3, -0.25) is 9.59 Å². The molecule has 7 nitrogen and oxygen atoms in total. The molecule has 0 aliphatic heterocycles. The minimum Gasteiger partial charge on any atom is -0.350 e. The molecule has 0 bridgehead atoms.